The van der Waals surface area contributed by atoms with Crippen molar-refractivity contribution < 1.29 is 19.1 Å². The van der Waals surface area contributed by atoms with Gasteiger partial charge < -0.3 is 14.8 Å². The summed E-state index contributed by atoms with van der Waals surface area (Å²) < 4.78 is 11.1. The summed E-state index contributed by atoms with van der Waals surface area (Å²) in [6.45, 7) is 1.19. The van der Waals surface area contributed by atoms with E-state index >= 15 is 0 Å². The van der Waals surface area contributed by atoms with Gasteiger partial charge in [0.2, 0.25) is 0 Å². The summed E-state index contributed by atoms with van der Waals surface area (Å²) >= 11 is 0. The average Bonchev–Trinajstić information content (AvgIpc) is 3.11. The van der Waals surface area contributed by atoms with Crippen LogP contribution in [0.5, 0.6) is 5.75 Å². The van der Waals surface area contributed by atoms with Crippen molar-refractivity contribution in [1.29, 1.82) is 0 Å². The highest BCUT2D eigenvalue weighted by atomic mass is 16.5. The topological polar surface area (TPSA) is 64.6 Å². The molecule has 1 aliphatic rings. The van der Waals surface area contributed by atoms with E-state index in [4.69, 9.17) is 9.47 Å². The first kappa shape index (κ1) is 19.7. The van der Waals surface area contributed by atoms with E-state index in [1.165, 1.54) is 22.3 Å². The molecule has 0 aliphatic heterocycles. The molecule has 0 saturated carbocycles. The van der Waals surface area contributed by atoms with Crippen molar-refractivity contribution in [3.8, 4) is 16.9 Å². The second-order valence-corrected chi connectivity index (χ2v) is 7.14. The third-order valence-corrected chi connectivity index (χ3v) is 5.20. The van der Waals surface area contributed by atoms with Crippen LogP contribution in [0.1, 0.15) is 33.8 Å². The largest absolute Gasteiger partial charge is 0.494 e. The van der Waals surface area contributed by atoms with E-state index in [0.717, 1.165) is 6.29 Å². The number of carbonyl (C=O) groups excluding carboxylic acids is 2. The van der Waals surface area contributed by atoms with Gasteiger partial charge in [0.1, 0.15) is 18.6 Å². The molecule has 0 aromatic heterocycles. The standard InChI is InChI=1S/C25H23NO4/c27-16-18-7-5-8-19(15-18)29-14-6-13-26-25(28)30-17-24-22-11-3-1-9-20(22)21-10-2-4-12-23(21)24/h1-5,7-12,15-16,24H,6,13-14,17H2,(H,26,28). The molecule has 0 bridgehead atoms. The number of rotatable bonds is 8. The summed E-state index contributed by atoms with van der Waals surface area (Å²) in [4.78, 5) is 22.9. The number of hydrogen-bond donors (Lipinski definition) is 1. The van der Waals surface area contributed by atoms with Crippen LogP contribution in [0, 0.1) is 0 Å². The van der Waals surface area contributed by atoms with E-state index in [2.05, 4.69) is 29.6 Å². The lowest BCUT2D eigenvalue weighted by Crippen LogP contribution is -2.27. The highest BCUT2D eigenvalue weighted by molar-refractivity contribution is 5.79. The molecule has 3 aromatic rings. The number of amides is 1. The van der Waals surface area contributed by atoms with Gasteiger partial charge in [-0.05, 0) is 40.8 Å². The molecule has 0 heterocycles. The molecule has 1 N–H and O–H groups in total. The minimum Gasteiger partial charge on any atom is -0.494 e. The second-order valence-electron chi connectivity index (χ2n) is 7.14. The van der Waals surface area contributed by atoms with Crippen molar-refractivity contribution in [2.75, 3.05) is 19.8 Å². The molecule has 152 valence electrons. The monoisotopic (exact) mass is 401 g/mol. The molecule has 0 spiro atoms. The Kier molecular flexibility index (Phi) is 6.09. The summed E-state index contributed by atoms with van der Waals surface area (Å²) in [7, 11) is 0. The van der Waals surface area contributed by atoms with Gasteiger partial charge in [-0.25, -0.2) is 4.79 Å². The molecule has 3 aromatic carbocycles. The van der Waals surface area contributed by atoms with E-state index < -0.39 is 6.09 Å². The van der Waals surface area contributed by atoms with Gasteiger partial charge >= 0.3 is 6.09 Å². The van der Waals surface area contributed by atoms with E-state index in [-0.39, 0.29) is 5.92 Å². The molecule has 0 saturated heterocycles. The van der Waals surface area contributed by atoms with Gasteiger partial charge in [0, 0.05) is 18.0 Å². The van der Waals surface area contributed by atoms with Crippen molar-refractivity contribution in [3.63, 3.8) is 0 Å². The number of benzene rings is 3. The van der Waals surface area contributed by atoms with Gasteiger partial charge in [0.15, 0.2) is 0 Å². The number of ether oxygens (including phenoxy) is 2. The Hall–Kier alpha value is -3.60. The number of carbonyl (C=O) groups is 2. The Morgan fingerprint density at radius 3 is 2.33 bits per heavy atom. The molecule has 0 unspecified atom stereocenters. The minimum absolute atomic E-state index is 0.0524. The van der Waals surface area contributed by atoms with Crippen molar-refractivity contribution in [2.45, 2.75) is 12.3 Å². The Morgan fingerprint density at radius 2 is 1.63 bits per heavy atom. The zero-order valence-electron chi connectivity index (χ0n) is 16.5. The zero-order chi connectivity index (χ0) is 20.8. The normalized spacial score (nSPS) is 12.0. The third kappa shape index (κ3) is 4.35. The van der Waals surface area contributed by atoms with Gasteiger partial charge in [-0.1, -0.05) is 60.7 Å². The number of hydrogen-bond acceptors (Lipinski definition) is 4. The van der Waals surface area contributed by atoms with Crippen LogP contribution in [0.4, 0.5) is 4.79 Å². The minimum atomic E-state index is -0.431. The van der Waals surface area contributed by atoms with Crippen LogP contribution >= 0.6 is 0 Å². The first-order valence-corrected chi connectivity index (χ1v) is 10.0. The quantitative estimate of drug-likeness (QED) is 0.435. The smallest absolute Gasteiger partial charge is 0.407 e. The predicted molar refractivity (Wildman–Crippen MR) is 115 cm³/mol. The van der Waals surface area contributed by atoms with Crippen LogP contribution in [-0.4, -0.2) is 32.1 Å². The van der Waals surface area contributed by atoms with Crippen molar-refractivity contribution in [1.82, 2.24) is 5.32 Å². The first-order chi connectivity index (χ1) is 14.8. The Morgan fingerprint density at radius 1 is 0.933 bits per heavy atom. The van der Waals surface area contributed by atoms with E-state index in [9.17, 15) is 9.59 Å². The Bertz CT molecular complexity index is 1000. The van der Waals surface area contributed by atoms with Crippen LogP contribution < -0.4 is 10.1 Å². The Labute approximate surface area is 175 Å². The van der Waals surface area contributed by atoms with E-state index in [0.29, 0.717) is 37.5 Å². The maximum absolute atomic E-state index is 12.1. The zero-order valence-corrected chi connectivity index (χ0v) is 16.5. The van der Waals surface area contributed by atoms with Crippen LogP contribution in [0.15, 0.2) is 72.8 Å². The average molecular weight is 401 g/mol. The molecule has 1 aliphatic carbocycles. The van der Waals surface area contributed by atoms with Crippen LogP contribution in [0.2, 0.25) is 0 Å². The van der Waals surface area contributed by atoms with Crippen molar-refractivity contribution >= 4 is 12.4 Å². The highest BCUT2D eigenvalue weighted by Gasteiger charge is 2.28. The molecule has 1 amide bonds. The number of alkyl carbamates (subject to hydrolysis) is 1. The number of aldehydes is 1. The number of nitrogens with one attached hydrogen (secondary N) is 1. The van der Waals surface area contributed by atoms with Crippen LogP contribution in [0.25, 0.3) is 11.1 Å². The molecule has 4 rings (SSSR count). The lowest BCUT2D eigenvalue weighted by Gasteiger charge is -2.14. The first-order valence-electron chi connectivity index (χ1n) is 10.0. The lowest BCUT2D eigenvalue weighted by atomic mass is 9.98. The molecular weight excluding hydrogens is 378 g/mol. The van der Waals surface area contributed by atoms with Gasteiger partial charge in [0.25, 0.3) is 0 Å². The fraction of sp³-hybridized carbons (Fsp3) is 0.200. The SMILES string of the molecule is O=Cc1cccc(OCCCNC(=O)OCC2c3ccccc3-c3ccccc32)c1. The molecule has 0 radical (unpaired) electrons. The molecule has 0 fully saturated rings. The molecule has 0 atom stereocenters. The van der Waals surface area contributed by atoms with Crippen molar-refractivity contribution in [3.05, 3.63) is 89.5 Å². The number of fused-ring (bicyclic) bond motifs is 3. The summed E-state index contributed by atoms with van der Waals surface area (Å²) in [5, 5.41) is 2.77. The molecular formula is C25H23NO4. The summed E-state index contributed by atoms with van der Waals surface area (Å²) in [5.41, 5.74) is 5.37. The predicted octanol–water partition coefficient (Wildman–Crippen LogP) is 4.81. The lowest BCUT2D eigenvalue weighted by molar-refractivity contribution is 0.112. The molecule has 5 nitrogen and oxygen atoms in total. The van der Waals surface area contributed by atoms with Crippen molar-refractivity contribution in [2.24, 2.45) is 0 Å². The van der Waals surface area contributed by atoms with E-state index in [1.54, 1.807) is 24.3 Å². The van der Waals surface area contributed by atoms with Gasteiger partial charge in [-0.15, -0.1) is 0 Å². The van der Waals surface area contributed by atoms with E-state index in [1.807, 2.05) is 24.3 Å². The third-order valence-electron chi connectivity index (χ3n) is 5.20. The maximum atomic E-state index is 12.1. The summed E-state index contributed by atoms with van der Waals surface area (Å²) in [5.74, 6) is 0.692. The van der Waals surface area contributed by atoms with Crippen LogP contribution in [-0.2, 0) is 4.74 Å². The van der Waals surface area contributed by atoms with Gasteiger partial charge in [0.05, 0.1) is 6.61 Å². The van der Waals surface area contributed by atoms with Crippen LogP contribution in [0.3, 0.4) is 0 Å². The maximum Gasteiger partial charge on any atom is 0.407 e. The fourth-order valence-electron chi connectivity index (χ4n) is 3.78. The second kappa shape index (κ2) is 9.27. The Balaban J connectivity index is 1.23. The molecule has 5 heteroatoms. The van der Waals surface area contributed by atoms with Gasteiger partial charge in [-0.2, -0.15) is 0 Å². The summed E-state index contributed by atoms with van der Waals surface area (Å²) in [6, 6.07) is 23.5. The summed E-state index contributed by atoms with van der Waals surface area (Å²) in [6.07, 6.45) is 0.987. The molecule has 30 heavy (non-hydrogen) atoms. The fourth-order valence-corrected chi connectivity index (χ4v) is 3.78. The van der Waals surface area contributed by atoms with Gasteiger partial charge in [-0.3, -0.25) is 4.79 Å². The highest BCUT2D eigenvalue weighted by Crippen LogP contribution is 2.44.